The molecule has 25 heavy (non-hydrogen) atoms. The summed E-state index contributed by atoms with van der Waals surface area (Å²) in [6.45, 7) is 1.97. The van der Waals surface area contributed by atoms with Crippen LogP contribution in [-0.2, 0) is 11.2 Å². The molecular formula is C18H17N3O3S. The van der Waals surface area contributed by atoms with Crippen LogP contribution in [0.2, 0.25) is 0 Å². The van der Waals surface area contributed by atoms with Crippen molar-refractivity contribution >= 4 is 28.3 Å². The van der Waals surface area contributed by atoms with Gasteiger partial charge in [-0.1, -0.05) is 31.2 Å². The maximum absolute atomic E-state index is 11.9. The Morgan fingerprint density at radius 2 is 2.00 bits per heavy atom. The minimum absolute atomic E-state index is 0.135. The third-order valence-electron chi connectivity index (χ3n) is 3.60. The average Bonchev–Trinajstić information content (AvgIpc) is 3.32. The van der Waals surface area contributed by atoms with Gasteiger partial charge in [-0.05, 0) is 18.1 Å². The fourth-order valence-electron chi connectivity index (χ4n) is 2.19. The summed E-state index contributed by atoms with van der Waals surface area (Å²) in [5, 5.41) is 7.59. The summed E-state index contributed by atoms with van der Waals surface area (Å²) < 4.78 is 4.83. The number of carbonyl (C=O) groups excluding carboxylic acids is 2. The van der Waals surface area contributed by atoms with Crippen LogP contribution < -0.4 is 10.6 Å². The summed E-state index contributed by atoms with van der Waals surface area (Å²) in [5.74, 6) is -0.696. The molecule has 0 saturated heterocycles. The zero-order valence-electron chi connectivity index (χ0n) is 13.6. The van der Waals surface area contributed by atoms with E-state index in [2.05, 4.69) is 34.7 Å². The quantitative estimate of drug-likeness (QED) is 0.710. The van der Waals surface area contributed by atoms with Crippen LogP contribution in [0.1, 0.15) is 22.8 Å². The first-order valence-electron chi connectivity index (χ1n) is 7.81. The van der Waals surface area contributed by atoms with Gasteiger partial charge >= 0.3 is 0 Å². The predicted octanol–water partition coefficient (Wildman–Crippen LogP) is 3.33. The van der Waals surface area contributed by atoms with Crippen LogP contribution in [0.4, 0.5) is 5.13 Å². The zero-order valence-corrected chi connectivity index (χ0v) is 14.4. The first-order chi connectivity index (χ1) is 12.2. The van der Waals surface area contributed by atoms with Gasteiger partial charge in [0.25, 0.3) is 5.91 Å². The number of hydrogen-bond acceptors (Lipinski definition) is 5. The Hall–Kier alpha value is -2.93. The van der Waals surface area contributed by atoms with Crippen molar-refractivity contribution in [2.75, 3.05) is 11.9 Å². The van der Waals surface area contributed by atoms with E-state index in [9.17, 15) is 9.59 Å². The number of rotatable bonds is 6. The van der Waals surface area contributed by atoms with Gasteiger partial charge in [0.2, 0.25) is 5.91 Å². The Morgan fingerprint density at radius 1 is 1.20 bits per heavy atom. The summed E-state index contributed by atoms with van der Waals surface area (Å²) in [6, 6.07) is 9.70. The molecule has 2 aromatic heterocycles. The molecule has 0 fully saturated rings. The standard InChI is InChI=1S/C18H17N3O3S/c1-2-12-3-5-13(6-4-12)15-11-25-18(20-15)21-16(22)9-19-17(23)14-7-8-24-10-14/h3-8,10-11H,2,9H2,1H3,(H,19,23)(H,20,21,22). The lowest BCUT2D eigenvalue weighted by Crippen LogP contribution is -2.32. The maximum atomic E-state index is 11.9. The smallest absolute Gasteiger partial charge is 0.254 e. The van der Waals surface area contributed by atoms with Gasteiger partial charge in [-0.3, -0.25) is 9.59 Å². The Kier molecular flexibility index (Phi) is 5.25. The highest BCUT2D eigenvalue weighted by Crippen LogP contribution is 2.25. The van der Waals surface area contributed by atoms with Crippen LogP contribution >= 0.6 is 11.3 Å². The number of hydrogen-bond donors (Lipinski definition) is 2. The van der Waals surface area contributed by atoms with Gasteiger partial charge in [0.05, 0.1) is 24.1 Å². The molecule has 3 rings (SSSR count). The van der Waals surface area contributed by atoms with E-state index in [4.69, 9.17) is 4.42 Å². The number of aromatic nitrogens is 1. The van der Waals surface area contributed by atoms with E-state index in [1.165, 1.54) is 35.5 Å². The second kappa shape index (κ2) is 7.76. The molecule has 2 amide bonds. The highest BCUT2D eigenvalue weighted by molar-refractivity contribution is 7.14. The molecule has 0 aliphatic heterocycles. The van der Waals surface area contributed by atoms with Gasteiger partial charge in [-0.2, -0.15) is 0 Å². The van der Waals surface area contributed by atoms with Gasteiger partial charge in [-0.25, -0.2) is 4.98 Å². The van der Waals surface area contributed by atoms with Gasteiger partial charge in [-0.15, -0.1) is 11.3 Å². The molecule has 6 nitrogen and oxygen atoms in total. The molecule has 0 aliphatic rings. The SMILES string of the molecule is CCc1ccc(-c2csc(NC(=O)CNC(=O)c3ccoc3)n2)cc1. The van der Waals surface area contributed by atoms with Gasteiger partial charge in [0.15, 0.2) is 5.13 Å². The monoisotopic (exact) mass is 355 g/mol. The lowest BCUT2D eigenvalue weighted by Gasteiger charge is -2.03. The van der Waals surface area contributed by atoms with Crippen LogP contribution in [-0.4, -0.2) is 23.3 Å². The zero-order chi connectivity index (χ0) is 17.6. The Labute approximate surface area is 148 Å². The van der Waals surface area contributed by atoms with Crippen molar-refractivity contribution in [3.63, 3.8) is 0 Å². The summed E-state index contributed by atoms with van der Waals surface area (Å²) in [5.41, 5.74) is 3.45. The molecule has 0 aliphatic carbocycles. The molecule has 2 N–H and O–H groups in total. The third kappa shape index (κ3) is 4.33. The number of nitrogens with zero attached hydrogens (tertiary/aromatic N) is 1. The molecule has 3 aromatic rings. The van der Waals surface area contributed by atoms with Crippen molar-refractivity contribution in [3.8, 4) is 11.3 Å². The third-order valence-corrected chi connectivity index (χ3v) is 4.36. The normalized spacial score (nSPS) is 10.4. The Bertz CT molecular complexity index is 854. The molecule has 7 heteroatoms. The number of thiazole rings is 1. The summed E-state index contributed by atoms with van der Waals surface area (Å²) >= 11 is 1.34. The molecule has 128 valence electrons. The highest BCUT2D eigenvalue weighted by Gasteiger charge is 2.11. The topological polar surface area (TPSA) is 84.2 Å². The van der Waals surface area contributed by atoms with Crippen LogP contribution in [0.5, 0.6) is 0 Å². The second-order valence-corrected chi connectivity index (χ2v) is 6.19. The van der Waals surface area contributed by atoms with Crippen LogP contribution in [0, 0.1) is 0 Å². The molecule has 0 radical (unpaired) electrons. The minimum Gasteiger partial charge on any atom is -0.472 e. The van der Waals surface area contributed by atoms with E-state index in [1.54, 1.807) is 0 Å². The first-order valence-corrected chi connectivity index (χ1v) is 8.68. The molecule has 1 aromatic carbocycles. The number of aryl methyl sites for hydroxylation is 1. The van der Waals surface area contributed by atoms with Crippen LogP contribution in [0.25, 0.3) is 11.3 Å². The number of anilines is 1. The van der Waals surface area contributed by atoms with E-state index >= 15 is 0 Å². The van der Waals surface area contributed by atoms with E-state index in [1.807, 2.05) is 17.5 Å². The van der Waals surface area contributed by atoms with E-state index in [0.717, 1.165) is 17.7 Å². The fourth-order valence-corrected chi connectivity index (χ4v) is 2.93. The van der Waals surface area contributed by atoms with Crippen molar-refractivity contribution in [2.24, 2.45) is 0 Å². The molecule has 0 bridgehead atoms. The van der Waals surface area contributed by atoms with Crippen LogP contribution in [0.15, 0.2) is 52.7 Å². The summed E-state index contributed by atoms with van der Waals surface area (Å²) in [6.07, 6.45) is 3.71. The van der Waals surface area contributed by atoms with Gasteiger partial charge < -0.3 is 15.1 Å². The summed E-state index contributed by atoms with van der Waals surface area (Å²) in [4.78, 5) is 28.1. The lowest BCUT2D eigenvalue weighted by molar-refractivity contribution is -0.115. The van der Waals surface area contributed by atoms with Crippen molar-refractivity contribution in [1.29, 1.82) is 0 Å². The molecule has 0 unspecified atom stereocenters. The Morgan fingerprint density at radius 3 is 2.68 bits per heavy atom. The lowest BCUT2D eigenvalue weighted by atomic mass is 10.1. The largest absolute Gasteiger partial charge is 0.472 e. The number of benzene rings is 1. The van der Waals surface area contributed by atoms with E-state index in [0.29, 0.717) is 10.7 Å². The Balaban J connectivity index is 1.55. The number of carbonyl (C=O) groups is 2. The minimum atomic E-state index is -0.361. The fraction of sp³-hybridized carbons (Fsp3) is 0.167. The molecule has 0 saturated carbocycles. The van der Waals surface area contributed by atoms with Crippen molar-refractivity contribution < 1.29 is 14.0 Å². The summed E-state index contributed by atoms with van der Waals surface area (Å²) in [7, 11) is 0. The van der Waals surface area contributed by atoms with E-state index in [-0.39, 0.29) is 18.4 Å². The van der Waals surface area contributed by atoms with Crippen molar-refractivity contribution in [2.45, 2.75) is 13.3 Å². The highest BCUT2D eigenvalue weighted by atomic mass is 32.1. The van der Waals surface area contributed by atoms with Crippen LogP contribution in [0.3, 0.4) is 0 Å². The molecule has 0 atom stereocenters. The van der Waals surface area contributed by atoms with Gasteiger partial charge in [0, 0.05) is 10.9 Å². The molecule has 2 heterocycles. The maximum Gasteiger partial charge on any atom is 0.254 e. The van der Waals surface area contributed by atoms with E-state index < -0.39 is 0 Å². The average molecular weight is 355 g/mol. The van der Waals surface area contributed by atoms with Gasteiger partial charge in [0.1, 0.15) is 6.26 Å². The number of nitrogens with one attached hydrogen (secondary N) is 2. The van der Waals surface area contributed by atoms with Crippen molar-refractivity contribution in [1.82, 2.24) is 10.3 Å². The molecular weight excluding hydrogens is 338 g/mol. The number of furan rings is 1. The molecule has 0 spiro atoms. The number of amides is 2. The first kappa shape index (κ1) is 16.9. The van der Waals surface area contributed by atoms with Crippen molar-refractivity contribution in [3.05, 3.63) is 59.4 Å². The predicted molar refractivity (Wildman–Crippen MR) is 96.6 cm³/mol. The second-order valence-electron chi connectivity index (χ2n) is 5.33.